The second kappa shape index (κ2) is 8.50. The summed E-state index contributed by atoms with van der Waals surface area (Å²) in [5, 5.41) is 6.10. The summed E-state index contributed by atoms with van der Waals surface area (Å²) in [4.78, 5) is 23.9. The largest absolute Gasteiger partial charge is 0.354 e. The molecule has 0 aromatic heterocycles. The van der Waals surface area contributed by atoms with Crippen LogP contribution in [0.5, 0.6) is 0 Å². The monoisotopic (exact) mass is 344 g/mol. The molecule has 2 rings (SSSR count). The summed E-state index contributed by atoms with van der Waals surface area (Å²) in [5.74, 6) is -0.457. The summed E-state index contributed by atoms with van der Waals surface area (Å²) in [6, 6.07) is 13.1. The van der Waals surface area contributed by atoms with Gasteiger partial charge in [0.25, 0.3) is 5.91 Å². The lowest BCUT2D eigenvalue weighted by molar-refractivity contribution is -0.120. The summed E-state index contributed by atoms with van der Waals surface area (Å²) in [6.07, 6.45) is 0.692. The molecule has 2 aromatic rings. The van der Waals surface area contributed by atoms with Gasteiger partial charge >= 0.3 is 0 Å². The minimum atomic E-state index is -0.244. The lowest BCUT2D eigenvalue weighted by Gasteiger charge is -2.08. The number of halogens is 1. The minimum absolute atomic E-state index is 0.0403. The van der Waals surface area contributed by atoms with Crippen molar-refractivity contribution in [3.8, 4) is 0 Å². The predicted molar refractivity (Wildman–Crippen MR) is 96.4 cm³/mol. The van der Waals surface area contributed by atoms with Crippen LogP contribution >= 0.6 is 11.6 Å². The van der Waals surface area contributed by atoms with E-state index >= 15 is 0 Å². The molecule has 126 valence electrons. The van der Waals surface area contributed by atoms with Crippen LogP contribution in [0, 0.1) is 13.8 Å². The Morgan fingerprint density at radius 3 is 2.38 bits per heavy atom. The molecule has 0 fully saturated rings. The third-order valence-corrected chi connectivity index (χ3v) is 3.75. The van der Waals surface area contributed by atoms with Crippen LogP contribution in [0.15, 0.2) is 42.5 Å². The van der Waals surface area contributed by atoms with Crippen molar-refractivity contribution in [3.05, 3.63) is 69.7 Å². The number of aryl methyl sites for hydroxylation is 2. The van der Waals surface area contributed by atoms with Crippen LogP contribution in [-0.4, -0.2) is 24.9 Å². The molecule has 0 aliphatic heterocycles. The van der Waals surface area contributed by atoms with Crippen molar-refractivity contribution < 1.29 is 9.59 Å². The second-order valence-corrected chi connectivity index (χ2v) is 6.23. The molecule has 0 radical (unpaired) electrons. The van der Waals surface area contributed by atoms with E-state index in [1.165, 1.54) is 0 Å². The normalized spacial score (nSPS) is 10.3. The summed E-state index contributed by atoms with van der Waals surface area (Å²) in [5.41, 5.74) is 3.67. The highest BCUT2D eigenvalue weighted by atomic mass is 35.5. The smallest absolute Gasteiger partial charge is 0.251 e. The van der Waals surface area contributed by atoms with E-state index in [1.807, 2.05) is 44.2 Å². The number of rotatable bonds is 6. The van der Waals surface area contributed by atoms with Gasteiger partial charge in [-0.25, -0.2) is 0 Å². The zero-order chi connectivity index (χ0) is 17.5. The number of hydrogen-bond acceptors (Lipinski definition) is 2. The molecule has 0 bridgehead atoms. The number of hydrogen-bond donors (Lipinski definition) is 2. The Balaban J connectivity index is 1.75. The Labute approximate surface area is 147 Å². The van der Waals surface area contributed by atoms with Gasteiger partial charge < -0.3 is 10.6 Å². The molecular weight excluding hydrogens is 324 g/mol. The summed E-state index contributed by atoms with van der Waals surface area (Å²) in [6.45, 7) is 4.33. The minimum Gasteiger partial charge on any atom is -0.354 e. The van der Waals surface area contributed by atoms with Gasteiger partial charge in [0.2, 0.25) is 5.91 Å². The third kappa shape index (κ3) is 5.70. The Hall–Kier alpha value is -2.33. The van der Waals surface area contributed by atoms with Crippen LogP contribution < -0.4 is 10.6 Å². The van der Waals surface area contributed by atoms with E-state index in [1.54, 1.807) is 12.1 Å². The van der Waals surface area contributed by atoms with Crippen molar-refractivity contribution >= 4 is 23.4 Å². The predicted octanol–water partition coefficient (Wildman–Crippen LogP) is 3.05. The van der Waals surface area contributed by atoms with Crippen LogP contribution in [0.1, 0.15) is 27.0 Å². The Bertz CT molecular complexity index is 724. The molecule has 5 heteroatoms. The first-order valence-electron chi connectivity index (χ1n) is 7.81. The van der Waals surface area contributed by atoms with Crippen molar-refractivity contribution in [3.63, 3.8) is 0 Å². The highest BCUT2D eigenvalue weighted by Gasteiger charge is 2.08. The van der Waals surface area contributed by atoms with Crippen LogP contribution in [0.25, 0.3) is 0 Å². The van der Waals surface area contributed by atoms with E-state index in [-0.39, 0.29) is 18.4 Å². The first kappa shape index (κ1) is 18.0. The second-order valence-electron chi connectivity index (χ2n) is 5.79. The van der Waals surface area contributed by atoms with Crippen LogP contribution in [0.3, 0.4) is 0 Å². The van der Waals surface area contributed by atoms with Gasteiger partial charge in [-0.1, -0.05) is 40.9 Å². The lowest BCUT2D eigenvalue weighted by Crippen LogP contribution is -2.37. The van der Waals surface area contributed by atoms with Gasteiger partial charge in [-0.3, -0.25) is 9.59 Å². The van der Waals surface area contributed by atoms with Crippen LogP contribution in [0.4, 0.5) is 0 Å². The molecule has 0 saturated heterocycles. The Kier molecular flexibility index (Phi) is 6.38. The average Bonchev–Trinajstić information content (AvgIpc) is 2.51. The van der Waals surface area contributed by atoms with Crippen molar-refractivity contribution in [1.82, 2.24) is 10.6 Å². The molecule has 0 aliphatic rings. The summed E-state index contributed by atoms with van der Waals surface area (Å²) in [7, 11) is 0. The van der Waals surface area contributed by atoms with E-state index in [2.05, 4.69) is 10.6 Å². The van der Waals surface area contributed by atoms with Gasteiger partial charge in [-0.05, 0) is 50.1 Å². The van der Waals surface area contributed by atoms with Gasteiger partial charge in [0.15, 0.2) is 0 Å². The van der Waals surface area contributed by atoms with E-state index in [0.29, 0.717) is 23.6 Å². The number of benzene rings is 2. The fourth-order valence-corrected chi connectivity index (χ4v) is 2.68. The molecular formula is C19H21ClN2O2. The molecule has 0 aliphatic carbocycles. The van der Waals surface area contributed by atoms with Crippen molar-refractivity contribution in [2.75, 3.05) is 13.1 Å². The average molecular weight is 345 g/mol. The molecule has 0 heterocycles. The number of carbonyl (C=O) groups excluding carboxylic acids is 2. The Morgan fingerprint density at radius 2 is 1.71 bits per heavy atom. The van der Waals surface area contributed by atoms with E-state index in [9.17, 15) is 9.59 Å². The Morgan fingerprint density at radius 1 is 1.00 bits per heavy atom. The number of nitrogens with one attached hydrogen (secondary N) is 2. The number of carbonyl (C=O) groups is 2. The molecule has 24 heavy (non-hydrogen) atoms. The zero-order valence-corrected chi connectivity index (χ0v) is 14.6. The summed E-state index contributed by atoms with van der Waals surface area (Å²) >= 11 is 5.92. The first-order valence-corrected chi connectivity index (χ1v) is 8.19. The molecule has 2 amide bonds. The zero-order valence-electron chi connectivity index (χ0n) is 13.9. The lowest BCUT2D eigenvalue weighted by atomic mass is 10.1. The highest BCUT2D eigenvalue weighted by molar-refractivity contribution is 6.30. The fourth-order valence-electron chi connectivity index (χ4n) is 2.47. The topological polar surface area (TPSA) is 58.2 Å². The van der Waals surface area contributed by atoms with Crippen LogP contribution in [-0.2, 0) is 11.2 Å². The summed E-state index contributed by atoms with van der Waals surface area (Å²) < 4.78 is 0. The van der Waals surface area contributed by atoms with Gasteiger partial charge in [0, 0.05) is 17.1 Å². The van der Waals surface area contributed by atoms with E-state index in [0.717, 1.165) is 16.7 Å². The molecule has 0 spiro atoms. The van der Waals surface area contributed by atoms with E-state index < -0.39 is 0 Å². The maximum Gasteiger partial charge on any atom is 0.251 e. The first-order chi connectivity index (χ1) is 11.4. The van der Waals surface area contributed by atoms with Crippen LogP contribution in [0.2, 0.25) is 5.02 Å². The van der Waals surface area contributed by atoms with Gasteiger partial charge in [0.05, 0.1) is 6.54 Å². The maximum absolute atomic E-state index is 12.1. The molecule has 0 unspecified atom stereocenters. The van der Waals surface area contributed by atoms with Crippen molar-refractivity contribution in [1.29, 1.82) is 0 Å². The van der Waals surface area contributed by atoms with Gasteiger partial charge in [0.1, 0.15) is 0 Å². The van der Waals surface area contributed by atoms with Crippen molar-refractivity contribution in [2.45, 2.75) is 20.3 Å². The standard InChI is InChI=1S/C19H21ClN2O2/c1-13-8-14(2)10-16(9-13)19(24)22-12-18(23)21-7-6-15-4-3-5-17(20)11-15/h3-5,8-11H,6-7,12H2,1-2H3,(H,21,23)(H,22,24). The molecule has 0 saturated carbocycles. The quantitative estimate of drug-likeness (QED) is 0.846. The van der Waals surface area contributed by atoms with E-state index in [4.69, 9.17) is 11.6 Å². The SMILES string of the molecule is Cc1cc(C)cc(C(=O)NCC(=O)NCCc2cccc(Cl)c2)c1. The number of amides is 2. The molecule has 2 N–H and O–H groups in total. The molecule has 4 nitrogen and oxygen atoms in total. The maximum atomic E-state index is 12.1. The van der Waals surface area contributed by atoms with Gasteiger partial charge in [-0.2, -0.15) is 0 Å². The van der Waals surface area contributed by atoms with Gasteiger partial charge in [-0.15, -0.1) is 0 Å². The third-order valence-electron chi connectivity index (χ3n) is 3.52. The van der Waals surface area contributed by atoms with Crippen molar-refractivity contribution in [2.24, 2.45) is 0 Å². The molecule has 2 aromatic carbocycles. The fraction of sp³-hybridized carbons (Fsp3) is 0.263. The molecule has 0 atom stereocenters. The highest BCUT2D eigenvalue weighted by Crippen LogP contribution is 2.10.